The first-order chi connectivity index (χ1) is 8.11. The van der Waals surface area contributed by atoms with Crippen molar-refractivity contribution < 1.29 is 9.59 Å². The third-order valence-electron chi connectivity index (χ3n) is 3.05. The van der Waals surface area contributed by atoms with E-state index in [1.807, 2.05) is 13.8 Å². The fourth-order valence-electron chi connectivity index (χ4n) is 2.25. The molecular weight excluding hydrogens is 230 g/mol. The van der Waals surface area contributed by atoms with Crippen molar-refractivity contribution >= 4 is 11.8 Å². The molecule has 1 unspecified atom stereocenters. The molecule has 1 heterocycles. The van der Waals surface area contributed by atoms with Crippen LogP contribution in [0.25, 0.3) is 0 Å². The minimum Gasteiger partial charge on any atom is -0.296 e. The molecule has 0 aromatic rings. The first-order valence-corrected chi connectivity index (χ1v) is 6.15. The van der Waals surface area contributed by atoms with Crippen molar-refractivity contribution in [3.63, 3.8) is 0 Å². The second-order valence-electron chi connectivity index (χ2n) is 6.09. The second kappa shape index (κ2) is 4.69. The second-order valence-corrected chi connectivity index (χ2v) is 6.09. The highest BCUT2D eigenvalue weighted by Gasteiger charge is 2.47. The van der Waals surface area contributed by atoms with Gasteiger partial charge in [0.05, 0.1) is 18.0 Å². The standard InChI is InChI=1S/C13H21N3O2/c1-9(2)15-13(5,7-14)8-16-10(17)6-12(3,4)11(16)18/h9,15H,6,8H2,1-5H3. The minimum atomic E-state index is -0.903. The summed E-state index contributed by atoms with van der Waals surface area (Å²) in [6.07, 6.45) is 0.217. The summed E-state index contributed by atoms with van der Waals surface area (Å²) in [5.41, 5.74) is -1.55. The molecule has 0 saturated carbocycles. The third kappa shape index (κ3) is 2.88. The molecule has 0 bridgehead atoms. The number of amides is 2. The highest BCUT2D eigenvalue weighted by atomic mass is 16.2. The van der Waals surface area contributed by atoms with Crippen LogP contribution in [0.5, 0.6) is 0 Å². The molecule has 2 amide bonds. The predicted octanol–water partition coefficient (Wildman–Crippen LogP) is 1.05. The van der Waals surface area contributed by atoms with Gasteiger partial charge in [-0.3, -0.25) is 19.8 Å². The van der Waals surface area contributed by atoms with Gasteiger partial charge in [0, 0.05) is 12.5 Å². The number of nitrogens with zero attached hydrogens (tertiary/aromatic N) is 2. The van der Waals surface area contributed by atoms with E-state index >= 15 is 0 Å². The zero-order valence-corrected chi connectivity index (χ0v) is 11.7. The molecule has 100 valence electrons. The number of nitriles is 1. The number of carbonyl (C=O) groups excluding carboxylic acids is 2. The van der Waals surface area contributed by atoms with E-state index in [9.17, 15) is 14.9 Å². The lowest BCUT2D eigenvalue weighted by Crippen LogP contribution is -2.54. The molecule has 0 spiro atoms. The van der Waals surface area contributed by atoms with Gasteiger partial charge in [-0.2, -0.15) is 5.26 Å². The van der Waals surface area contributed by atoms with Crippen LogP contribution in [0, 0.1) is 16.7 Å². The maximum absolute atomic E-state index is 12.1. The Kier molecular flexibility index (Phi) is 3.82. The number of likely N-dealkylation sites (tertiary alicyclic amines) is 1. The lowest BCUT2D eigenvalue weighted by Gasteiger charge is -2.30. The Morgan fingerprint density at radius 3 is 2.39 bits per heavy atom. The van der Waals surface area contributed by atoms with Gasteiger partial charge in [-0.15, -0.1) is 0 Å². The molecule has 1 fully saturated rings. The van der Waals surface area contributed by atoms with Crippen molar-refractivity contribution in [3.8, 4) is 6.07 Å². The predicted molar refractivity (Wildman–Crippen MR) is 67.4 cm³/mol. The fraction of sp³-hybridized carbons (Fsp3) is 0.769. The summed E-state index contributed by atoms with van der Waals surface area (Å²) in [6.45, 7) is 9.17. The number of rotatable bonds is 4. The zero-order valence-electron chi connectivity index (χ0n) is 11.7. The van der Waals surface area contributed by atoms with Crippen LogP contribution >= 0.6 is 0 Å². The van der Waals surface area contributed by atoms with Crippen LogP contribution in [0.3, 0.4) is 0 Å². The summed E-state index contributed by atoms with van der Waals surface area (Å²) < 4.78 is 0. The van der Waals surface area contributed by atoms with Crippen LogP contribution in [0.2, 0.25) is 0 Å². The molecule has 5 heteroatoms. The van der Waals surface area contributed by atoms with E-state index < -0.39 is 11.0 Å². The summed E-state index contributed by atoms with van der Waals surface area (Å²) in [6, 6.07) is 2.25. The number of carbonyl (C=O) groups is 2. The largest absolute Gasteiger partial charge is 0.296 e. The number of hydrogen-bond acceptors (Lipinski definition) is 4. The minimum absolute atomic E-state index is 0.1000. The summed E-state index contributed by atoms with van der Waals surface area (Å²) in [4.78, 5) is 25.1. The van der Waals surface area contributed by atoms with Gasteiger partial charge in [-0.1, -0.05) is 13.8 Å². The summed E-state index contributed by atoms with van der Waals surface area (Å²) in [5.74, 6) is -0.392. The topological polar surface area (TPSA) is 73.2 Å². The molecule has 0 radical (unpaired) electrons. The van der Waals surface area contributed by atoms with Gasteiger partial charge in [0.1, 0.15) is 5.54 Å². The first-order valence-electron chi connectivity index (χ1n) is 6.15. The van der Waals surface area contributed by atoms with E-state index in [1.54, 1.807) is 20.8 Å². The van der Waals surface area contributed by atoms with Gasteiger partial charge in [-0.25, -0.2) is 0 Å². The molecule has 1 atom stereocenters. The van der Waals surface area contributed by atoms with Crippen LogP contribution in [-0.2, 0) is 9.59 Å². The number of nitrogens with one attached hydrogen (secondary N) is 1. The average Bonchev–Trinajstić information content (AvgIpc) is 2.40. The number of hydrogen-bond donors (Lipinski definition) is 1. The monoisotopic (exact) mass is 251 g/mol. The SMILES string of the molecule is CC(C)NC(C)(C#N)CN1C(=O)CC(C)(C)C1=O. The van der Waals surface area contributed by atoms with Gasteiger partial charge in [0.25, 0.3) is 0 Å². The Labute approximate surface area is 108 Å². The Morgan fingerprint density at radius 2 is 2.06 bits per heavy atom. The smallest absolute Gasteiger partial charge is 0.235 e. The quantitative estimate of drug-likeness (QED) is 0.758. The van der Waals surface area contributed by atoms with E-state index in [4.69, 9.17) is 0 Å². The van der Waals surface area contributed by atoms with Crippen LogP contribution in [0.4, 0.5) is 0 Å². The molecule has 0 aliphatic carbocycles. The van der Waals surface area contributed by atoms with Crippen LogP contribution in [0.1, 0.15) is 41.0 Å². The van der Waals surface area contributed by atoms with E-state index in [1.165, 1.54) is 4.90 Å². The molecule has 1 saturated heterocycles. The molecular formula is C13H21N3O2. The molecule has 1 rings (SSSR count). The van der Waals surface area contributed by atoms with Crippen LogP contribution < -0.4 is 5.32 Å². The van der Waals surface area contributed by atoms with Gasteiger partial charge >= 0.3 is 0 Å². The van der Waals surface area contributed by atoms with Crippen molar-refractivity contribution in [2.24, 2.45) is 5.41 Å². The van der Waals surface area contributed by atoms with E-state index in [-0.39, 0.29) is 30.8 Å². The molecule has 0 aromatic heterocycles. The summed E-state index contributed by atoms with van der Waals surface area (Å²) >= 11 is 0. The average molecular weight is 251 g/mol. The molecule has 1 N–H and O–H groups in total. The number of imide groups is 1. The van der Waals surface area contributed by atoms with Gasteiger partial charge in [0.2, 0.25) is 11.8 Å². The van der Waals surface area contributed by atoms with E-state index in [2.05, 4.69) is 11.4 Å². The van der Waals surface area contributed by atoms with Crippen molar-refractivity contribution in [2.45, 2.75) is 52.6 Å². The van der Waals surface area contributed by atoms with Gasteiger partial charge in [0.15, 0.2) is 0 Å². The van der Waals surface area contributed by atoms with Crippen molar-refractivity contribution in [1.82, 2.24) is 10.2 Å². The molecule has 5 nitrogen and oxygen atoms in total. The van der Waals surface area contributed by atoms with E-state index in [0.717, 1.165) is 0 Å². The Morgan fingerprint density at radius 1 is 1.50 bits per heavy atom. The summed E-state index contributed by atoms with van der Waals surface area (Å²) in [5, 5.41) is 12.3. The van der Waals surface area contributed by atoms with E-state index in [0.29, 0.717) is 0 Å². The van der Waals surface area contributed by atoms with Gasteiger partial charge < -0.3 is 0 Å². The lowest BCUT2D eigenvalue weighted by atomic mass is 9.92. The lowest BCUT2D eigenvalue weighted by molar-refractivity contribution is -0.141. The van der Waals surface area contributed by atoms with Crippen LogP contribution in [-0.4, -0.2) is 34.8 Å². The maximum Gasteiger partial charge on any atom is 0.235 e. The maximum atomic E-state index is 12.1. The highest BCUT2D eigenvalue weighted by molar-refractivity contribution is 6.05. The molecule has 18 heavy (non-hydrogen) atoms. The third-order valence-corrected chi connectivity index (χ3v) is 3.05. The molecule has 1 aliphatic heterocycles. The van der Waals surface area contributed by atoms with Crippen LogP contribution in [0.15, 0.2) is 0 Å². The van der Waals surface area contributed by atoms with Crippen molar-refractivity contribution in [3.05, 3.63) is 0 Å². The van der Waals surface area contributed by atoms with Crippen molar-refractivity contribution in [1.29, 1.82) is 5.26 Å². The Balaban J connectivity index is 2.87. The summed E-state index contributed by atoms with van der Waals surface area (Å²) in [7, 11) is 0. The Bertz CT molecular complexity index is 409. The fourth-order valence-corrected chi connectivity index (χ4v) is 2.25. The molecule has 1 aliphatic rings. The highest BCUT2D eigenvalue weighted by Crippen LogP contribution is 2.32. The first kappa shape index (κ1) is 14.7. The molecule has 0 aromatic carbocycles. The normalized spacial score (nSPS) is 22.2. The van der Waals surface area contributed by atoms with Gasteiger partial charge in [-0.05, 0) is 20.8 Å². The Hall–Kier alpha value is -1.41. The zero-order chi connectivity index (χ0) is 14.1. The van der Waals surface area contributed by atoms with Crippen molar-refractivity contribution in [2.75, 3.05) is 6.54 Å².